The molecule has 1 N–H and O–H groups in total. The van der Waals surface area contributed by atoms with Crippen LogP contribution in [0.1, 0.15) is 47.0 Å². The van der Waals surface area contributed by atoms with E-state index >= 15 is 0 Å². The Balaban J connectivity index is 1.98. The second-order valence-electron chi connectivity index (χ2n) is 6.10. The molecule has 1 aliphatic heterocycles. The summed E-state index contributed by atoms with van der Waals surface area (Å²) in [4.78, 5) is 2.77. The van der Waals surface area contributed by atoms with Gasteiger partial charge in [0.2, 0.25) is 0 Å². The molecule has 3 unspecified atom stereocenters. The van der Waals surface area contributed by atoms with Crippen molar-refractivity contribution in [2.24, 2.45) is 11.8 Å². The normalized spacial score (nSPS) is 34.3. The summed E-state index contributed by atoms with van der Waals surface area (Å²) in [6, 6.07) is 2.27. The third kappa shape index (κ3) is 2.60. The van der Waals surface area contributed by atoms with E-state index in [4.69, 9.17) is 0 Å². The zero-order chi connectivity index (χ0) is 11.7. The van der Waals surface area contributed by atoms with E-state index in [2.05, 4.69) is 37.9 Å². The highest BCUT2D eigenvalue weighted by molar-refractivity contribution is 4.95. The minimum absolute atomic E-state index is 0.730. The molecule has 1 saturated heterocycles. The fourth-order valence-electron chi connectivity index (χ4n) is 2.92. The van der Waals surface area contributed by atoms with Gasteiger partial charge >= 0.3 is 0 Å². The van der Waals surface area contributed by atoms with Crippen molar-refractivity contribution in [1.82, 2.24) is 10.2 Å². The number of piperazine rings is 1. The van der Waals surface area contributed by atoms with E-state index in [1.54, 1.807) is 0 Å². The van der Waals surface area contributed by atoms with Crippen LogP contribution in [-0.4, -0.2) is 36.1 Å². The number of nitrogens with one attached hydrogen (secondary N) is 1. The van der Waals surface area contributed by atoms with Gasteiger partial charge < -0.3 is 5.32 Å². The third-order valence-corrected chi connectivity index (χ3v) is 4.64. The van der Waals surface area contributed by atoms with Crippen molar-refractivity contribution in [1.29, 1.82) is 0 Å². The smallest absolute Gasteiger partial charge is 0.0224 e. The standard InChI is InChI=1S/C14H28N2/c1-5-13-8-15-14(12-6-7-12)9-16(13)11(4)10(2)3/h10-15H,5-9H2,1-4H3. The first-order valence-corrected chi connectivity index (χ1v) is 7.12. The monoisotopic (exact) mass is 224 g/mol. The number of hydrogen-bond donors (Lipinski definition) is 1. The summed E-state index contributed by atoms with van der Waals surface area (Å²) in [5.41, 5.74) is 0. The summed E-state index contributed by atoms with van der Waals surface area (Å²) in [6.45, 7) is 11.9. The van der Waals surface area contributed by atoms with Crippen LogP contribution in [0.15, 0.2) is 0 Å². The average Bonchev–Trinajstić information content (AvgIpc) is 3.11. The van der Waals surface area contributed by atoms with E-state index in [9.17, 15) is 0 Å². The van der Waals surface area contributed by atoms with E-state index in [0.717, 1.165) is 30.0 Å². The molecule has 94 valence electrons. The maximum absolute atomic E-state index is 3.76. The molecule has 0 spiro atoms. The van der Waals surface area contributed by atoms with Crippen molar-refractivity contribution in [3.8, 4) is 0 Å². The van der Waals surface area contributed by atoms with Gasteiger partial charge in [-0.2, -0.15) is 0 Å². The lowest BCUT2D eigenvalue weighted by Crippen LogP contribution is -2.60. The van der Waals surface area contributed by atoms with Crippen molar-refractivity contribution in [2.45, 2.75) is 65.1 Å². The van der Waals surface area contributed by atoms with Crippen LogP contribution in [0.3, 0.4) is 0 Å². The molecule has 0 aromatic carbocycles. The lowest BCUT2D eigenvalue weighted by Gasteiger charge is -2.45. The van der Waals surface area contributed by atoms with Crippen LogP contribution in [-0.2, 0) is 0 Å². The summed E-state index contributed by atoms with van der Waals surface area (Å²) >= 11 is 0. The van der Waals surface area contributed by atoms with Crippen LogP contribution in [0, 0.1) is 11.8 Å². The van der Waals surface area contributed by atoms with Gasteiger partial charge in [0.1, 0.15) is 0 Å². The van der Waals surface area contributed by atoms with Gasteiger partial charge in [-0.1, -0.05) is 20.8 Å². The fraction of sp³-hybridized carbons (Fsp3) is 1.00. The van der Waals surface area contributed by atoms with Crippen LogP contribution < -0.4 is 5.32 Å². The van der Waals surface area contributed by atoms with Crippen molar-refractivity contribution in [2.75, 3.05) is 13.1 Å². The van der Waals surface area contributed by atoms with Crippen LogP contribution in [0.5, 0.6) is 0 Å². The summed E-state index contributed by atoms with van der Waals surface area (Å²) in [6.07, 6.45) is 4.19. The second-order valence-corrected chi connectivity index (χ2v) is 6.10. The predicted molar refractivity (Wildman–Crippen MR) is 69.6 cm³/mol. The minimum Gasteiger partial charge on any atom is -0.311 e. The molecule has 2 fully saturated rings. The SMILES string of the molecule is CCC1CNC(C2CC2)CN1C(C)C(C)C. The summed E-state index contributed by atoms with van der Waals surface area (Å²) in [5, 5.41) is 3.76. The quantitative estimate of drug-likeness (QED) is 0.789. The number of rotatable bonds is 4. The summed E-state index contributed by atoms with van der Waals surface area (Å²) in [7, 11) is 0. The lowest BCUT2D eigenvalue weighted by atomic mass is 9.96. The average molecular weight is 224 g/mol. The third-order valence-electron chi connectivity index (χ3n) is 4.64. The zero-order valence-corrected chi connectivity index (χ0v) is 11.4. The van der Waals surface area contributed by atoms with E-state index in [1.165, 1.54) is 32.4 Å². The Kier molecular flexibility index (Phi) is 3.91. The maximum Gasteiger partial charge on any atom is 0.0224 e. The van der Waals surface area contributed by atoms with E-state index in [-0.39, 0.29) is 0 Å². The molecule has 0 aromatic rings. The Morgan fingerprint density at radius 1 is 1.25 bits per heavy atom. The molecule has 2 nitrogen and oxygen atoms in total. The van der Waals surface area contributed by atoms with Crippen molar-refractivity contribution in [3.05, 3.63) is 0 Å². The molecule has 3 atom stereocenters. The van der Waals surface area contributed by atoms with Gasteiger partial charge in [0.25, 0.3) is 0 Å². The maximum atomic E-state index is 3.76. The molecule has 1 saturated carbocycles. The number of hydrogen-bond acceptors (Lipinski definition) is 2. The Labute approximate surface area is 101 Å². The molecule has 0 bridgehead atoms. The van der Waals surface area contributed by atoms with Crippen LogP contribution in [0.25, 0.3) is 0 Å². The van der Waals surface area contributed by atoms with Crippen LogP contribution in [0.4, 0.5) is 0 Å². The van der Waals surface area contributed by atoms with E-state index in [0.29, 0.717) is 0 Å². The van der Waals surface area contributed by atoms with Crippen LogP contribution in [0.2, 0.25) is 0 Å². The highest BCUT2D eigenvalue weighted by Crippen LogP contribution is 2.35. The highest BCUT2D eigenvalue weighted by atomic mass is 15.3. The molecule has 1 aliphatic carbocycles. The van der Waals surface area contributed by atoms with Gasteiger partial charge in [-0.05, 0) is 38.0 Å². The first-order valence-electron chi connectivity index (χ1n) is 7.12. The Bertz CT molecular complexity index is 221. The molecule has 2 heteroatoms. The van der Waals surface area contributed by atoms with Gasteiger partial charge in [-0.25, -0.2) is 0 Å². The van der Waals surface area contributed by atoms with Gasteiger partial charge in [-0.3, -0.25) is 4.90 Å². The van der Waals surface area contributed by atoms with E-state index < -0.39 is 0 Å². The Morgan fingerprint density at radius 2 is 1.94 bits per heavy atom. The molecule has 16 heavy (non-hydrogen) atoms. The molecular weight excluding hydrogens is 196 g/mol. The molecule has 0 amide bonds. The van der Waals surface area contributed by atoms with Gasteiger partial charge in [0.05, 0.1) is 0 Å². The Hall–Kier alpha value is -0.0800. The first kappa shape index (κ1) is 12.4. The molecule has 0 radical (unpaired) electrons. The number of nitrogens with zero attached hydrogens (tertiary/aromatic N) is 1. The van der Waals surface area contributed by atoms with Crippen molar-refractivity contribution in [3.63, 3.8) is 0 Å². The molecule has 1 heterocycles. The van der Waals surface area contributed by atoms with Gasteiger partial charge in [0.15, 0.2) is 0 Å². The first-order chi connectivity index (χ1) is 7.63. The van der Waals surface area contributed by atoms with E-state index in [1.807, 2.05) is 0 Å². The summed E-state index contributed by atoms with van der Waals surface area (Å²) < 4.78 is 0. The largest absolute Gasteiger partial charge is 0.311 e. The highest BCUT2D eigenvalue weighted by Gasteiger charge is 2.38. The van der Waals surface area contributed by atoms with Gasteiger partial charge in [0, 0.05) is 31.2 Å². The second kappa shape index (κ2) is 5.05. The summed E-state index contributed by atoms with van der Waals surface area (Å²) in [5.74, 6) is 1.76. The molecular formula is C14H28N2. The minimum atomic E-state index is 0.730. The van der Waals surface area contributed by atoms with Crippen molar-refractivity contribution >= 4 is 0 Å². The molecule has 2 rings (SSSR count). The lowest BCUT2D eigenvalue weighted by molar-refractivity contribution is 0.0603. The fourth-order valence-corrected chi connectivity index (χ4v) is 2.92. The Morgan fingerprint density at radius 3 is 2.44 bits per heavy atom. The zero-order valence-electron chi connectivity index (χ0n) is 11.4. The molecule has 2 aliphatic rings. The van der Waals surface area contributed by atoms with Crippen LogP contribution >= 0.6 is 0 Å². The topological polar surface area (TPSA) is 15.3 Å². The van der Waals surface area contributed by atoms with Crippen molar-refractivity contribution < 1.29 is 0 Å². The molecule has 0 aromatic heterocycles. The predicted octanol–water partition coefficient (Wildman–Crippen LogP) is 2.49. The van der Waals surface area contributed by atoms with Gasteiger partial charge in [-0.15, -0.1) is 0 Å².